The number of hydrogen-bond acceptors (Lipinski definition) is 3. The third-order valence-electron chi connectivity index (χ3n) is 3.16. The predicted molar refractivity (Wildman–Crippen MR) is 60.1 cm³/mol. The smallest absolute Gasteiger partial charge is 0.257 e. The zero-order valence-electron chi connectivity index (χ0n) is 9.89. The Kier molecular flexibility index (Phi) is 3.38. The molecule has 5 heteroatoms. The summed E-state index contributed by atoms with van der Waals surface area (Å²) in [6.45, 7) is 2.56. The van der Waals surface area contributed by atoms with E-state index in [2.05, 4.69) is 4.98 Å². The molecule has 0 bridgehead atoms. The summed E-state index contributed by atoms with van der Waals surface area (Å²) in [7, 11) is 1.68. The van der Waals surface area contributed by atoms with Gasteiger partial charge in [-0.25, -0.2) is 4.39 Å². The van der Waals surface area contributed by atoms with Gasteiger partial charge in [-0.05, 0) is 19.4 Å². The largest absolute Gasteiger partial charge is 0.376 e. The molecule has 0 spiro atoms. The van der Waals surface area contributed by atoms with E-state index in [0.29, 0.717) is 6.61 Å². The third kappa shape index (κ3) is 2.29. The molecule has 0 radical (unpaired) electrons. The molecule has 1 fully saturated rings. The first kappa shape index (κ1) is 12.0. The number of ether oxygens (including phenoxy) is 1. The molecule has 0 aromatic carbocycles. The summed E-state index contributed by atoms with van der Waals surface area (Å²) in [5, 5.41) is 0. The number of hydrogen-bond donors (Lipinski definition) is 0. The van der Waals surface area contributed by atoms with E-state index in [4.69, 9.17) is 4.74 Å². The highest BCUT2D eigenvalue weighted by Crippen LogP contribution is 2.20. The molecule has 2 unspecified atom stereocenters. The Balaban J connectivity index is 2.17. The maximum absolute atomic E-state index is 13.4. The number of amides is 1. The van der Waals surface area contributed by atoms with Crippen LogP contribution in [0, 0.1) is 5.82 Å². The van der Waals surface area contributed by atoms with E-state index < -0.39 is 5.82 Å². The number of aromatic nitrogens is 1. The second-order valence-corrected chi connectivity index (χ2v) is 4.20. The van der Waals surface area contributed by atoms with Crippen molar-refractivity contribution < 1.29 is 13.9 Å². The fourth-order valence-electron chi connectivity index (χ4n) is 2.12. The zero-order valence-corrected chi connectivity index (χ0v) is 9.89. The van der Waals surface area contributed by atoms with Crippen molar-refractivity contribution in [1.29, 1.82) is 0 Å². The molecular weight excluding hydrogens is 223 g/mol. The molecular formula is C12H15FN2O2. The van der Waals surface area contributed by atoms with Gasteiger partial charge in [0.15, 0.2) is 5.82 Å². The van der Waals surface area contributed by atoms with Gasteiger partial charge in [-0.3, -0.25) is 9.78 Å². The van der Waals surface area contributed by atoms with Crippen LogP contribution in [0.15, 0.2) is 18.5 Å². The first-order chi connectivity index (χ1) is 8.11. The summed E-state index contributed by atoms with van der Waals surface area (Å²) < 4.78 is 18.8. The van der Waals surface area contributed by atoms with E-state index in [-0.39, 0.29) is 23.6 Å². The van der Waals surface area contributed by atoms with Crippen molar-refractivity contribution in [2.75, 3.05) is 13.7 Å². The van der Waals surface area contributed by atoms with Crippen LogP contribution >= 0.6 is 0 Å². The van der Waals surface area contributed by atoms with Gasteiger partial charge < -0.3 is 9.64 Å². The first-order valence-corrected chi connectivity index (χ1v) is 5.59. The Hall–Kier alpha value is -1.49. The quantitative estimate of drug-likeness (QED) is 0.783. The van der Waals surface area contributed by atoms with Crippen molar-refractivity contribution >= 4 is 5.91 Å². The summed E-state index contributed by atoms with van der Waals surface area (Å²) in [5.74, 6) is -0.914. The number of nitrogens with zero attached hydrogens (tertiary/aromatic N) is 2. The lowest BCUT2D eigenvalue weighted by Gasteiger charge is -2.26. The minimum atomic E-state index is -0.587. The second kappa shape index (κ2) is 4.79. The van der Waals surface area contributed by atoms with Crippen LogP contribution in [0.1, 0.15) is 23.7 Å². The Morgan fingerprint density at radius 3 is 3.00 bits per heavy atom. The average molecular weight is 238 g/mol. The fourth-order valence-corrected chi connectivity index (χ4v) is 2.12. The number of rotatable bonds is 2. The van der Waals surface area contributed by atoms with E-state index in [1.807, 2.05) is 6.92 Å². The van der Waals surface area contributed by atoms with E-state index in [1.54, 1.807) is 11.9 Å². The summed E-state index contributed by atoms with van der Waals surface area (Å²) >= 11 is 0. The standard InChI is InChI=1S/C12H15FN2O2/c1-8-11(4-6-17-8)15(2)12(16)9-3-5-14-7-10(9)13/h3,5,7-8,11H,4,6H2,1-2H3. The van der Waals surface area contributed by atoms with Crippen molar-refractivity contribution in [3.63, 3.8) is 0 Å². The summed E-state index contributed by atoms with van der Waals surface area (Å²) in [6, 6.07) is 1.41. The first-order valence-electron chi connectivity index (χ1n) is 5.59. The van der Waals surface area contributed by atoms with E-state index in [0.717, 1.165) is 12.6 Å². The van der Waals surface area contributed by atoms with Gasteiger partial charge in [-0.15, -0.1) is 0 Å². The fraction of sp³-hybridized carbons (Fsp3) is 0.500. The van der Waals surface area contributed by atoms with Gasteiger partial charge >= 0.3 is 0 Å². The number of pyridine rings is 1. The van der Waals surface area contributed by atoms with Crippen molar-refractivity contribution in [1.82, 2.24) is 9.88 Å². The summed E-state index contributed by atoms with van der Waals surface area (Å²) in [4.78, 5) is 17.3. The highest BCUT2D eigenvalue weighted by Gasteiger charge is 2.31. The predicted octanol–water partition coefficient (Wildman–Crippen LogP) is 1.47. The SMILES string of the molecule is CC1OCCC1N(C)C(=O)c1ccncc1F. The third-order valence-corrected chi connectivity index (χ3v) is 3.16. The van der Waals surface area contributed by atoms with Gasteiger partial charge in [0.2, 0.25) is 0 Å². The molecule has 2 atom stereocenters. The number of carbonyl (C=O) groups excluding carboxylic acids is 1. The molecule has 1 aliphatic rings. The van der Waals surface area contributed by atoms with E-state index >= 15 is 0 Å². The van der Waals surface area contributed by atoms with Crippen molar-refractivity contribution in [2.45, 2.75) is 25.5 Å². The Labute approximate surface area is 99.4 Å². The van der Waals surface area contributed by atoms with Gasteiger partial charge in [0.05, 0.1) is 23.9 Å². The molecule has 1 aliphatic heterocycles. The van der Waals surface area contributed by atoms with Gasteiger partial charge in [-0.2, -0.15) is 0 Å². The molecule has 0 aliphatic carbocycles. The molecule has 17 heavy (non-hydrogen) atoms. The van der Waals surface area contributed by atoms with Crippen molar-refractivity contribution in [2.24, 2.45) is 0 Å². The van der Waals surface area contributed by atoms with Crippen LogP contribution in [0.2, 0.25) is 0 Å². The van der Waals surface area contributed by atoms with E-state index in [9.17, 15) is 9.18 Å². The molecule has 1 saturated heterocycles. The molecule has 1 amide bonds. The monoisotopic (exact) mass is 238 g/mol. The molecule has 4 nitrogen and oxygen atoms in total. The normalized spacial score (nSPS) is 23.7. The van der Waals surface area contributed by atoms with Crippen LogP contribution in [0.5, 0.6) is 0 Å². The number of halogens is 1. The Morgan fingerprint density at radius 2 is 2.41 bits per heavy atom. The number of carbonyl (C=O) groups is 1. The lowest BCUT2D eigenvalue weighted by molar-refractivity contribution is 0.0570. The van der Waals surface area contributed by atoms with Crippen LogP contribution in [0.3, 0.4) is 0 Å². The number of likely N-dealkylation sites (N-methyl/N-ethyl adjacent to an activating group) is 1. The zero-order chi connectivity index (χ0) is 12.4. The topological polar surface area (TPSA) is 42.4 Å². The van der Waals surface area contributed by atoms with Gasteiger partial charge in [-0.1, -0.05) is 0 Å². The van der Waals surface area contributed by atoms with Crippen LogP contribution < -0.4 is 0 Å². The van der Waals surface area contributed by atoms with Gasteiger partial charge in [0.25, 0.3) is 5.91 Å². The second-order valence-electron chi connectivity index (χ2n) is 4.20. The molecule has 2 heterocycles. The average Bonchev–Trinajstić information content (AvgIpc) is 2.74. The lowest BCUT2D eigenvalue weighted by atomic mass is 10.1. The Morgan fingerprint density at radius 1 is 1.65 bits per heavy atom. The maximum atomic E-state index is 13.4. The Bertz CT molecular complexity index is 425. The van der Waals surface area contributed by atoms with Crippen LogP contribution in [0.4, 0.5) is 4.39 Å². The van der Waals surface area contributed by atoms with Crippen LogP contribution in [-0.2, 0) is 4.74 Å². The molecule has 0 N–H and O–H groups in total. The molecule has 92 valence electrons. The molecule has 2 rings (SSSR count). The maximum Gasteiger partial charge on any atom is 0.257 e. The van der Waals surface area contributed by atoms with Crippen molar-refractivity contribution in [3.8, 4) is 0 Å². The lowest BCUT2D eigenvalue weighted by Crippen LogP contribution is -2.41. The minimum absolute atomic E-state index is 0.00570. The highest BCUT2D eigenvalue weighted by atomic mass is 19.1. The molecule has 1 aromatic rings. The van der Waals surface area contributed by atoms with Crippen LogP contribution in [-0.4, -0.2) is 41.6 Å². The van der Waals surface area contributed by atoms with Crippen molar-refractivity contribution in [3.05, 3.63) is 29.8 Å². The summed E-state index contributed by atoms with van der Waals surface area (Å²) in [6.07, 6.45) is 3.25. The van der Waals surface area contributed by atoms with Gasteiger partial charge in [0.1, 0.15) is 0 Å². The van der Waals surface area contributed by atoms with Gasteiger partial charge in [0, 0.05) is 19.9 Å². The summed E-state index contributed by atoms with van der Waals surface area (Å²) in [5.41, 5.74) is 0.0570. The molecule has 1 aromatic heterocycles. The highest BCUT2D eigenvalue weighted by molar-refractivity contribution is 5.94. The minimum Gasteiger partial charge on any atom is -0.376 e. The molecule has 0 saturated carbocycles. The van der Waals surface area contributed by atoms with Crippen LogP contribution in [0.25, 0.3) is 0 Å². The van der Waals surface area contributed by atoms with E-state index in [1.165, 1.54) is 12.3 Å².